The van der Waals surface area contributed by atoms with Crippen LogP contribution in [0, 0.1) is 0 Å². The lowest BCUT2D eigenvalue weighted by Gasteiger charge is -2.19. The quantitative estimate of drug-likeness (QED) is 0.807. The summed E-state index contributed by atoms with van der Waals surface area (Å²) < 4.78 is 9.04. The van der Waals surface area contributed by atoms with Gasteiger partial charge in [-0.05, 0) is 64.8 Å². The zero-order chi connectivity index (χ0) is 15.6. The van der Waals surface area contributed by atoms with Gasteiger partial charge in [-0.2, -0.15) is 5.10 Å². The molecule has 1 N–H and O–H groups in total. The molecule has 0 radical (unpaired) electrons. The monoisotopic (exact) mass is 415 g/mol. The van der Waals surface area contributed by atoms with E-state index in [1.165, 1.54) is 0 Å². The zero-order valence-electron chi connectivity index (χ0n) is 12.6. The highest BCUT2D eigenvalue weighted by molar-refractivity contribution is 9.11. The molecule has 0 amide bonds. The van der Waals surface area contributed by atoms with Gasteiger partial charge in [-0.1, -0.05) is 0 Å². The summed E-state index contributed by atoms with van der Waals surface area (Å²) >= 11 is 7.04. The van der Waals surface area contributed by atoms with Gasteiger partial charge in [0.15, 0.2) is 0 Å². The average molecular weight is 417 g/mol. The largest absolute Gasteiger partial charge is 0.495 e. The van der Waals surface area contributed by atoms with Gasteiger partial charge >= 0.3 is 0 Å². The highest BCUT2D eigenvalue weighted by Crippen LogP contribution is 2.33. The number of nitrogens with zero attached hydrogens (tertiary/aromatic N) is 2. The molecular weight excluding hydrogens is 398 g/mol. The lowest BCUT2D eigenvalue weighted by molar-refractivity contribution is 0.411. The van der Waals surface area contributed by atoms with Gasteiger partial charge < -0.3 is 10.1 Å². The first-order valence-corrected chi connectivity index (χ1v) is 8.22. The van der Waals surface area contributed by atoms with Gasteiger partial charge in [0.05, 0.1) is 23.0 Å². The third kappa shape index (κ3) is 4.31. The van der Waals surface area contributed by atoms with Crippen LogP contribution in [0.4, 0.5) is 0 Å². The Morgan fingerprint density at radius 2 is 1.95 bits per heavy atom. The molecule has 1 aromatic heterocycles. The van der Waals surface area contributed by atoms with Crippen molar-refractivity contribution in [3.8, 4) is 11.4 Å². The molecule has 0 bridgehead atoms. The van der Waals surface area contributed by atoms with E-state index in [0.717, 1.165) is 32.6 Å². The van der Waals surface area contributed by atoms with Gasteiger partial charge in [-0.15, -0.1) is 0 Å². The molecule has 0 aliphatic rings. The maximum absolute atomic E-state index is 5.34. The molecule has 0 saturated carbocycles. The predicted molar refractivity (Wildman–Crippen MR) is 92.1 cm³/mol. The van der Waals surface area contributed by atoms with E-state index in [0.29, 0.717) is 0 Å². The Bertz CT molecular complexity index is 632. The Kier molecular flexibility index (Phi) is 5.11. The molecule has 2 aromatic rings. The zero-order valence-corrected chi connectivity index (χ0v) is 15.7. The smallest absolute Gasteiger partial charge is 0.135 e. The maximum atomic E-state index is 5.34. The predicted octanol–water partition coefficient (Wildman–Crippen LogP) is 4.29. The molecule has 0 aliphatic carbocycles. The number of hydrogen-bond donors (Lipinski definition) is 1. The number of hydrogen-bond acceptors (Lipinski definition) is 3. The number of methoxy groups -OCH3 is 1. The highest BCUT2D eigenvalue weighted by atomic mass is 79.9. The topological polar surface area (TPSA) is 39.1 Å². The first-order valence-electron chi connectivity index (χ1n) is 6.63. The van der Waals surface area contributed by atoms with Crippen molar-refractivity contribution in [2.24, 2.45) is 0 Å². The minimum absolute atomic E-state index is 0.0746. The van der Waals surface area contributed by atoms with Gasteiger partial charge in [0.1, 0.15) is 5.75 Å². The number of halogens is 2. The molecule has 114 valence electrons. The van der Waals surface area contributed by atoms with E-state index in [-0.39, 0.29) is 5.54 Å². The average Bonchev–Trinajstić information content (AvgIpc) is 2.84. The molecule has 1 aromatic carbocycles. The van der Waals surface area contributed by atoms with E-state index in [4.69, 9.17) is 4.74 Å². The van der Waals surface area contributed by atoms with Gasteiger partial charge in [-0.25, -0.2) is 4.68 Å². The highest BCUT2D eigenvalue weighted by Gasteiger charge is 2.12. The van der Waals surface area contributed by atoms with Crippen molar-refractivity contribution in [2.75, 3.05) is 7.11 Å². The second-order valence-corrected chi connectivity index (χ2v) is 7.50. The molecular formula is C15H19Br2N3O. The Balaban J connectivity index is 2.25. The Morgan fingerprint density at radius 3 is 2.57 bits per heavy atom. The number of rotatable bonds is 4. The summed E-state index contributed by atoms with van der Waals surface area (Å²) in [6.07, 6.45) is 1.95. The van der Waals surface area contributed by atoms with Crippen molar-refractivity contribution in [3.05, 3.63) is 39.0 Å². The normalized spacial score (nSPS) is 11.7. The van der Waals surface area contributed by atoms with E-state index in [1.807, 2.05) is 29.1 Å². The fourth-order valence-electron chi connectivity index (χ4n) is 1.80. The van der Waals surface area contributed by atoms with E-state index in [9.17, 15) is 0 Å². The van der Waals surface area contributed by atoms with E-state index < -0.39 is 0 Å². The molecule has 0 atom stereocenters. The van der Waals surface area contributed by atoms with Crippen LogP contribution in [-0.2, 0) is 6.54 Å². The summed E-state index contributed by atoms with van der Waals surface area (Å²) in [6, 6.07) is 5.92. The van der Waals surface area contributed by atoms with Crippen LogP contribution in [0.2, 0.25) is 0 Å². The van der Waals surface area contributed by atoms with Crippen molar-refractivity contribution in [1.29, 1.82) is 0 Å². The third-order valence-electron chi connectivity index (χ3n) is 2.91. The molecule has 4 nitrogen and oxygen atoms in total. The summed E-state index contributed by atoms with van der Waals surface area (Å²) in [6.45, 7) is 7.16. The van der Waals surface area contributed by atoms with Crippen molar-refractivity contribution in [2.45, 2.75) is 32.9 Å². The van der Waals surface area contributed by atoms with Crippen molar-refractivity contribution < 1.29 is 4.74 Å². The molecule has 6 heteroatoms. The minimum Gasteiger partial charge on any atom is -0.495 e. The van der Waals surface area contributed by atoms with Crippen molar-refractivity contribution in [3.63, 3.8) is 0 Å². The van der Waals surface area contributed by atoms with Crippen LogP contribution in [0.5, 0.6) is 5.75 Å². The van der Waals surface area contributed by atoms with Gasteiger partial charge in [-0.3, -0.25) is 0 Å². The van der Waals surface area contributed by atoms with Gasteiger partial charge in [0.25, 0.3) is 0 Å². The fraction of sp³-hybridized carbons (Fsp3) is 0.400. The molecule has 0 aliphatic heterocycles. The van der Waals surface area contributed by atoms with Crippen molar-refractivity contribution in [1.82, 2.24) is 15.1 Å². The molecule has 1 heterocycles. The summed E-state index contributed by atoms with van der Waals surface area (Å²) in [5.41, 5.74) is 2.02. The Labute approximate surface area is 142 Å². The van der Waals surface area contributed by atoms with Crippen LogP contribution in [0.15, 0.2) is 33.3 Å². The first kappa shape index (κ1) is 16.5. The van der Waals surface area contributed by atoms with E-state index in [1.54, 1.807) is 7.11 Å². The van der Waals surface area contributed by atoms with Crippen LogP contribution in [0.25, 0.3) is 5.69 Å². The number of aromatic nitrogens is 2. The second-order valence-electron chi connectivity index (χ2n) is 5.79. The first-order chi connectivity index (χ1) is 9.80. The summed E-state index contributed by atoms with van der Waals surface area (Å²) in [7, 11) is 1.65. The standard InChI is InChI=1S/C15H19Br2N3O/c1-15(2,3)18-9-10-5-6-20(19-10)13-8-14(21-4)12(17)7-11(13)16/h5-8,18H,9H2,1-4H3. The Morgan fingerprint density at radius 1 is 1.24 bits per heavy atom. The Hall–Kier alpha value is -0.850. The molecule has 0 unspecified atom stereocenters. The summed E-state index contributed by atoms with van der Waals surface area (Å²) in [4.78, 5) is 0. The van der Waals surface area contributed by atoms with Crippen LogP contribution >= 0.6 is 31.9 Å². The number of benzene rings is 1. The van der Waals surface area contributed by atoms with Crippen LogP contribution in [0.1, 0.15) is 26.5 Å². The second kappa shape index (κ2) is 6.50. The lowest BCUT2D eigenvalue weighted by atomic mass is 10.1. The van der Waals surface area contributed by atoms with Crippen molar-refractivity contribution >= 4 is 31.9 Å². The number of nitrogens with one attached hydrogen (secondary N) is 1. The SMILES string of the molecule is COc1cc(-n2ccc(CNC(C)(C)C)n2)c(Br)cc1Br. The van der Waals surface area contributed by atoms with E-state index in [2.05, 4.69) is 63.0 Å². The van der Waals surface area contributed by atoms with Crippen LogP contribution in [-0.4, -0.2) is 22.4 Å². The summed E-state index contributed by atoms with van der Waals surface area (Å²) in [5, 5.41) is 8.03. The minimum atomic E-state index is 0.0746. The molecule has 2 rings (SSSR count). The molecule has 21 heavy (non-hydrogen) atoms. The number of ether oxygens (including phenoxy) is 1. The maximum Gasteiger partial charge on any atom is 0.135 e. The molecule has 0 spiro atoms. The van der Waals surface area contributed by atoms with E-state index >= 15 is 0 Å². The summed E-state index contributed by atoms with van der Waals surface area (Å²) in [5.74, 6) is 0.776. The molecule has 0 saturated heterocycles. The van der Waals surface area contributed by atoms with Crippen LogP contribution in [0.3, 0.4) is 0 Å². The van der Waals surface area contributed by atoms with Gasteiger partial charge in [0.2, 0.25) is 0 Å². The van der Waals surface area contributed by atoms with Crippen LogP contribution < -0.4 is 10.1 Å². The van der Waals surface area contributed by atoms with Gasteiger partial charge in [0, 0.05) is 28.8 Å². The third-order valence-corrected chi connectivity index (χ3v) is 4.17. The molecule has 0 fully saturated rings. The fourth-order valence-corrected chi connectivity index (χ4v) is 3.13. The lowest BCUT2D eigenvalue weighted by Crippen LogP contribution is -2.35.